The minimum Gasteiger partial charge on any atom is -0.490 e. The molecule has 0 aliphatic carbocycles. The van der Waals surface area contributed by atoms with Crippen LogP contribution in [-0.4, -0.2) is 47.7 Å². The molecule has 0 radical (unpaired) electrons. The van der Waals surface area contributed by atoms with Crippen molar-refractivity contribution in [3.05, 3.63) is 59.2 Å². The van der Waals surface area contributed by atoms with E-state index < -0.39 is 93.8 Å². The van der Waals surface area contributed by atoms with Gasteiger partial charge in [-0.3, -0.25) is 0 Å². The predicted octanol–water partition coefficient (Wildman–Crippen LogP) is 4.52. The van der Waals surface area contributed by atoms with Crippen molar-refractivity contribution in [1.29, 1.82) is 0 Å². The Morgan fingerprint density at radius 2 is 1.57 bits per heavy atom. The first-order valence-corrected chi connectivity index (χ1v) is 14.8. The Bertz CT molecular complexity index is 1410. The molecule has 0 N–H and O–H groups in total. The van der Waals surface area contributed by atoms with Crippen LogP contribution in [0.15, 0.2) is 41.3 Å². The Hall–Kier alpha value is -2.25. The van der Waals surface area contributed by atoms with E-state index >= 15 is 4.39 Å². The third kappa shape index (κ3) is 4.42. The summed E-state index contributed by atoms with van der Waals surface area (Å²) in [5.74, 6) is -4.66. The molecule has 204 valence electrons. The number of fused-ring (bicyclic) bond motifs is 3. The van der Waals surface area contributed by atoms with Crippen molar-refractivity contribution in [3.63, 3.8) is 0 Å². The fraction of sp³-hybridized carbons (Fsp3) is 0.500. The summed E-state index contributed by atoms with van der Waals surface area (Å²) in [6.07, 6.45) is -5.12. The van der Waals surface area contributed by atoms with Crippen molar-refractivity contribution in [3.8, 4) is 5.75 Å². The van der Waals surface area contributed by atoms with E-state index in [2.05, 4.69) is 0 Å². The topological polar surface area (TPSA) is 86.7 Å². The number of hydrogen-bond acceptors (Lipinski definition) is 6. The van der Waals surface area contributed by atoms with Crippen molar-refractivity contribution >= 4 is 19.7 Å². The fourth-order valence-corrected chi connectivity index (χ4v) is 8.63. The molecule has 0 aromatic heterocycles. The van der Waals surface area contributed by atoms with Gasteiger partial charge in [0.1, 0.15) is 20.4 Å². The Morgan fingerprint density at radius 1 is 0.973 bits per heavy atom. The molecule has 0 spiro atoms. The normalized spacial score (nSPS) is 25.9. The molecule has 37 heavy (non-hydrogen) atoms. The van der Waals surface area contributed by atoms with Crippen LogP contribution in [0.1, 0.15) is 31.4 Å². The summed E-state index contributed by atoms with van der Waals surface area (Å²) in [7, 11) is -8.31. The van der Waals surface area contributed by atoms with Gasteiger partial charge in [-0.1, -0.05) is 6.92 Å². The molecular formula is C24H25F5O6S2. The van der Waals surface area contributed by atoms with E-state index in [1.165, 1.54) is 6.92 Å². The van der Waals surface area contributed by atoms with Crippen molar-refractivity contribution in [2.45, 2.75) is 47.4 Å². The van der Waals surface area contributed by atoms with Gasteiger partial charge in [0.2, 0.25) is 0 Å². The van der Waals surface area contributed by atoms with Crippen LogP contribution in [0.25, 0.3) is 0 Å². The fourth-order valence-electron chi connectivity index (χ4n) is 5.37. The summed E-state index contributed by atoms with van der Waals surface area (Å²) in [6.45, 7) is 2.28. The summed E-state index contributed by atoms with van der Waals surface area (Å²) >= 11 is 0. The average Bonchev–Trinajstić information content (AvgIpc) is 2.83. The van der Waals surface area contributed by atoms with E-state index in [0.717, 1.165) is 30.5 Å². The lowest BCUT2D eigenvalue weighted by Gasteiger charge is -2.51. The van der Waals surface area contributed by atoms with E-state index in [1.807, 2.05) is 0 Å². The number of alkyl halides is 3. The van der Waals surface area contributed by atoms with E-state index in [4.69, 9.17) is 9.47 Å². The Morgan fingerprint density at radius 3 is 2.14 bits per heavy atom. The van der Waals surface area contributed by atoms with E-state index in [1.54, 1.807) is 6.92 Å². The zero-order chi connectivity index (χ0) is 27.6. The summed E-state index contributed by atoms with van der Waals surface area (Å²) in [4.78, 5) is -0.522. The smallest absolute Gasteiger partial charge is 0.416 e. The second-order valence-electron chi connectivity index (χ2n) is 9.55. The van der Waals surface area contributed by atoms with Crippen molar-refractivity contribution in [1.82, 2.24) is 0 Å². The zero-order valence-electron chi connectivity index (χ0n) is 20.1. The maximum atomic E-state index is 15.4. The first kappa shape index (κ1) is 27.8. The third-order valence-corrected chi connectivity index (χ3v) is 11.9. The number of hydrogen-bond donors (Lipinski definition) is 0. The van der Waals surface area contributed by atoms with Gasteiger partial charge in [-0.2, -0.15) is 13.2 Å². The van der Waals surface area contributed by atoms with Gasteiger partial charge in [0.15, 0.2) is 21.4 Å². The molecular weight excluding hydrogens is 543 g/mol. The minimum atomic E-state index is -4.72. The second kappa shape index (κ2) is 9.19. The van der Waals surface area contributed by atoms with Gasteiger partial charge in [0.25, 0.3) is 0 Å². The van der Waals surface area contributed by atoms with Gasteiger partial charge in [-0.25, -0.2) is 25.6 Å². The molecule has 2 unspecified atom stereocenters. The highest BCUT2D eigenvalue weighted by atomic mass is 32.2. The van der Waals surface area contributed by atoms with Crippen LogP contribution in [-0.2, 0) is 35.3 Å². The second-order valence-corrected chi connectivity index (χ2v) is 14.2. The van der Waals surface area contributed by atoms with Crippen molar-refractivity contribution < 1.29 is 48.3 Å². The predicted molar refractivity (Wildman–Crippen MR) is 123 cm³/mol. The standard InChI is InChI=1S/C24H25F5O6S2/c1-13(14(2)36(3,30)31)21-17-12-35-22-19(26)9-8-18(25)20(22)23(17,10-11-34-21)37(32,33)16-6-4-15(5-7-16)24(27,28)29/h4-9,13-14,17,21H,10-12H2,1-3H3/t13?,14?,17-,21-,23-/m0/s1. The molecule has 2 aromatic rings. The van der Waals surface area contributed by atoms with Crippen LogP contribution in [0, 0.1) is 23.5 Å². The highest BCUT2D eigenvalue weighted by Gasteiger charge is 2.62. The average molecular weight is 569 g/mol. The van der Waals surface area contributed by atoms with Crippen molar-refractivity contribution in [2.24, 2.45) is 11.8 Å². The summed E-state index contributed by atoms with van der Waals surface area (Å²) in [6, 6.07) is 4.32. The Kier molecular flexibility index (Phi) is 6.90. The number of rotatable bonds is 5. The molecule has 2 heterocycles. The molecule has 2 aromatic carbocycles. The van der Waals surface area contributed by atoms with Gasteiger partial charge < -0.3 is 9.47 Å². The maximum absolute atomic E-state index is 15.4. The van der Waals surface area contributed by atoms with Crippen LogP contribution in [0.2, 0.25) is 0 Å². The number of sulfone groups is 2. The third-order valence-electron chi connectivity index (χ3n) is 7.57. The highest BCUT2D eigenvalue weighted by molar-refractivity contribution is 7.92. The molecule has 2 aliphatic heterocycles. The van der Waals surface area contributed by atoms with Crippen LogP contribution < -0.4 is 4.74 Å². The molecule has 1 saturated heterocycles. The quantitative estimate of drug-likeness (QED) is 0.493. The molecule has 4 rings (SSSR count). The van der Waals surface area contributed by atoms with Gasteiger partial charge in [-0.15, -0.1) is 0 Å². The molecule has 0 bridgehead atoms. The molecule has 6 nitrogen and oxygen atoms in total. The van der Waals surface area contributed by atoms with Gasteiger partial charge in [0.05, 0.1) is 34.0 Å². The summed E-state index contributed by atoms with van der Waals surface area (Å²) in [5.41, 5.74) is -1.65. The van der Waals surface area contributed by atoms with E-state index in [0.29, 0.717) is 12.1 Å². The molecule has 5 atom stereocenters. The first-order valence-electron chi connectivity index (χ1n) is 11.4. The number of benzene rings is 2. The lowest BCUT2D eigenvalue weighted by molar-refractivity contribution is -0.137. The van der Waals surface area contributed by atoms with Gasteiger partial charge in [0, 0.05) is 18.8 Å². The first-order chi connectivity index (χ1) is 17.0. The molecule has 1 fully saturated rings. The summed E-state index contributed by atoms with van der Waals surface area (Å²) < 4.78 is 132. The maximum Gasteiger partial charge on any atom is 0.416 e. The molecule has 0 amide bonds. The number of halogens is 5. The molecule has 13 heteroatoms. The van der Waals surface area contributed by atoms with Crippen LogP contribution >= 0.6 is 0 Å². The number of ether oxygens (including phenoxy) is 2. The lowest BCUT2D eigenvalue weighted by Crippen LogP contribution is -2.60. The SMILES string of the molecule is CC(C(C)S(C)(=O)=O)[C@@H]1OCC[C@@]2(S(=O)(=O)c3ccc(C(F)(F)F)cc3)c3c(F)ccc(F)c3OC[C@@H]12. The monoisotopic (exact) mass is 568 g/mol. The Balaban J connectivity index is 1.96. The van der Waals surface area contributed by atoms with E-state index in [-0.39, 0.29) is 13.0 Å². The van der Waals surface area contributed by atoms with Crippen LogP contribution in [0.3, 0.4) is 0 Å². The summed E-state index contributed by atoms with van der Waals surface area (Å²) in [5, 5.41) is -0.985. The lowest BCUT2D eigenvalue weighted by atomic mass is 9.72. The largest absolute Gasteiger partial charge is 0.490 e. The zero-order valence-corrected chi connectivity index (χ0v) is 21.7. The van der Waals surface area contributed by atoms with Crippen molar-refractivity contribution in [2.75, 3.05) is 19.5 Å². The molecule has 0 saturated carbocycles. The van der Waals surface area contributed by atoms with Crippen LogP contribution in [0.4, 0.5) is 22.0 Å². The Labute approximate surface area is 211 Å². The van der Waals surface area contributed by atoms with E-state index in [9.17, 15) is 34.4 Å². The van der Waals surface area contributed by atoms with Gasteiger partial charge >= 0.3 is 6.18 Å². The highest BCUT2D eigenvalue weighted by Crippen LogP contribution is 2.56. The van der Waals surface area contributed by atoms with Gasteiger partial charge in [-0.05, 0) is 55.7 Å². The minimum absolute atomic E-state index is 0.253. The van der Waals surface area contributed by atoms with Crippen LogP contribution in [0.5, 0.6) is 5.75 Å². The molecule has 2 aliphatic rings.